The van der Waals surface area contributed by atoms with Gasteiger partial charge < -0.3 is 20.3 Å². The summed E-state index contributed by atoms with van der Waals surface area (Å²) in [6.07, 6.45) is 2.37. The highest BCUT2D eigenvalue weighted by Gasteiger charge is 2.22. The monoisotopic (exact) mass is 544 g/mol. The maximum Gasteiger partial charge on any atom is 0.191 e. The van der Waals surface area contributed by atoms with Crippen molar-refractivity contribution in [2.45, 2.75) is 59.9 Å². The van der Waals surface area contributed by atoms with Gasteiger partial charge in [-0.05, 0) is 46.2 Å². The van der Waals surface area contributed by atoms with E-state index < -0.39 is 0 Å². The maximum absolute atomic E-state index is 5.81. The first-order chi connectivity index (χ1) is 13.9. The first kappa shape index (κ1) is 24.8. The van der Waals surface area contributed by atoms with E-state index in [0.717, 1.165) is 47.7 Å². The van der Waals surface area contributed by atoms with E-state index in [9.17, 15) is 0 Å². The van der Waals surface area contributed by atoms with E-state index in [1.54, 1.807) is 11.3 Å². The number of morpholine rings is 1. The van der Waals surface area contributed by atoms with Gasteiger partial charge in [-0.1, -0.05) is 6.07 Å². The van der Waals surface area contributed by atoms with Gasteiger partial charge in [-0.2, -0.15) is 0 Å². The van der Waals surface area contributed by atoms with Crippen LogP contribution in [0.25, 0.3) is 0 Å². The number of aliphatic imine (C=N–C) groups is 1. The molecule has 1 aliphatic rings. The van der Waals surface area contributed by atoms with E-state index >= 15 is 0 Å². The van der Waals surface area contributed by atoms with E-state index in [0.29, 0.717) is 13.1 Å². The van der Waals surface area contributed by atoms with Gasteiger partial charge in [0.15, 0.2) is 5.96 Å². The van der Waals surface area contributed by atoms with E-state index in [2.05, 4.69) is 65.3 Å². The molecule has 0 radical (unpaired) electrons. The van der Waals surface area contributed by atoms with Gasteiger partial charge in [0.1, 0.15) is 10.8 Å². The zero-order valence-electron chi connectivity index (χ0n) is 18.4. The van der Waals surface area contributed by atoms with Crippen LogP contribution in [0.5, 0.6) is 0 Å². The number of aromatic nitrogens is 2. The lowest BCUT2D eigenvalue weighted by molar-refractivity contribution is -0.00545. The Kier molecular flexibility index (Phi) is 9.76. The molecule has 0 aliphatic carbocycles. The Morgan fingerprint density at radius 2 is 1.97 bits per heavy atom. The van der Waals surface area contributed by atoms with Crippen molar-refractivity contribution in [1.82, 2.24) is 20.6 Å². The number of ether oxygens (including phenoxy) is 1. The van der Waals surface area contributed by atoms with Crippen LogP contribution in [0.1, 0.15) is 41.9 Å². The summed E-state index contributed by atoms with van der Waals surface area (Å²) in [7, 11) is 0. The fourth-order valence-electron chi connectivity index (χ4n) is 3.35. The molecule has 1 fully saturated rings. The fraction of sp³-hybridized carbons (Fsp3) is 0.571. The molecule has 30 heavy (non-hydrogen) atoms. The molecule has 2 atom stereocenters. The first-order valence-electron chi connectivity index (χ1n) is 10.2. The van der Waals surface area contributed by atoms with Crippen molar-refractivity contribution in [2.75, 3.05) is 24.5 Å². The predicted octanol–water partition coefficient (Wildman–Crippen LogP) is 3.64. The summed E-state index contributed by atoms with van der Waals surface area (Å²) in [6, 6.07) is 4.19. The van der Waals surface area contributed by atoms with Crippen LogP contribution in [-0.4, -0.2) is 47.8 Å². The third-order valence-electron chi connectivity index (χ3n) is 4.80. The quantitative estimate of drug-likeness (QED) is 0.329. The summed E-state index contributed by atoms with van der Waals surface area (Å²) < 4.78 is 5.81. The lowest BCUT2D eigenvalue weighted by atomic mass is 10.2. The Morgan fingerprint density at radius 1 is 1.23 bits per heavy atom. The average Bonchev–Trinajstić information content (AvgIpc) is 3.01. The third kappa shape index (κ3) is 7.05. The minimum absolute atomic E-state index is 0. The maximum atomic E-state index is 5.81. The summed E-state index contributed by atoms with van der Waals surface area (Å²) >= 11 is 1.72. The standard InChI is InChI=1S/C21H32N6OS.HI/c1-6-22-21(25-11-20-26-16(4)17(5)29-20)24-10-18-7-8-19(23-9-18)27-12-14(2)28-15(3)13-27;/h7-9,14-15H,6,10-13H2,1-5H3,(H2,22,24,25);1H. The highest BCUT2D eigenvalue weighted by Crippen LogP contribution is 2.19. The second-order valence-electron chi connectivity index (χ2n) is 7.48. The van der Waals surface area contributed by atoms with Gasteiger partial charge in [0, 0.05) is 30.7 Å². The molecule has 1 aliphatic heterocycles. The number of pyridine rings is 1. The fourth-order valence-corrected chi connectivity index (χ4v) is 4.22. The molecular formula is C21H33IN6OS. The first-order valence-corrected chi connectivity index (χ1v) is 11.1. The van der Waals surface area contributed by atoms with Crippen LogP contribution in [0.15, 0.2) is 23.3 Å². The van der Waals surface area contributed by atoms with Crippen LogP contribution < -0.4 is 15.5 Å². The second-order valence-corrected chi connectivity index (χ2v) is 8.77. The van der Waals surface area contributed by atoms with Crippen LogP contribution in [-0.2, 0) is 17.8 Å². The van der Waals surface area contributed by atoms with Crippen molar-refractivity contribution < 1.29 is 4.74 Å². The normalized spacial score (nSPS) is 19.4. The topological polar surface area (TPSA) is 74.7 Å². The Morgan fingerprint density at radius 3 is 2.53 bits per heavy atom. The molecule has 0 bridgehead atoms. The minimum Gasteiger partial charge on any atom is -0.372 e. The second kappa shape index (κ2) is 11.8. The van der Waals surface area contributed by atoms with Crippen LogP contribution in [0.4, 0.5) is 5.82 Å². The van der Waals surface area contributed by atoms with Crippen molar-refractivity contribution >= 4 is 47.1 Å². The van der Waals surface area contributed by atoms with Crippen molar-refractivity contribution in [2.24, 2.45) is 4.99 Å². The van der Waals surface area contributed by atoms with Gasteiger partial charge in [0.25, 0.3) is 0 Å². The van der Waals surface area contributed by atoms with Gasteiger partial charge in [0.2, 0.25) is 0 Å². The summed E-state index contributed by atoms with van der Waals surface area (Å²) in [5, 5.41) is 7.73. The van der Waals surface area contributed by atoms with Crippen molar-refractivity contribution in [3.05, 3.63) is 39.5 Å². The van der Waals surface area contributed by atoms with Gasteiger partial charge in [-0.3, -0.25) is 0 Å². The minimum atomic E-state index is 0. The summed E-state index contributed by atoms with van der Waals surface area (Å²) in [5.41, 5.74) is 2.19. The SMILES string of the molecule is CCNC(=NCc1ccc(N2CC(C)OC(C)C2)nc1)NCc1nc(C)c(C)s1.I. The highest BCUT2D eigenvalue weighted by molar-refractivity contribution is 14.0. The molecule has 2 unspecified atom stereocenters. The summed E-state index contributed by atoms with van der Waals surface area (Å²) in [4.78, 5) is 17.5. The summed E-state index contributed by atoms with van der Waals surface area (Å²) in [6.45, 7) is 14.2. The lowest BCUT2D eigenvalue weighted by Crippen LogP contribution is -2.45. The van der Waals surface area contributed by atoms with Gasteiger partial charge >= 0.3 is 0 Å². The Labute approximate surface area is 200 Å². The number of nitrogens with one attached hydrogen (secondary N) is 2. The van der Waals surface area contributed by atoms with Crippen LogP contribution in [0, 0.1) is 13.8 Å². The highest BCUT2D eigenvalue weighted by atomic mass is 127. The smallest absolute Gasteiger partial charge is 0.191 e. The zero-order chi connectivity index (χ0) is 20.8. The number of anilines is 1. The molecule has 3 heterocycles. The number of rotatable bonds is 6. The average molecular weight is 545 g/mol. The number of aryl methyl sites for hydroxylation is 2. The van der Waals surface area contributed by atoms with E-state index in [1.807, 2.05) is 13.1 Å². The van der Waals surface area contributed by atoms with Crippen molar-refractivity contribution in [1.29, 1.82) is 0 Å². The molecule has 2 aromatic heterocycles. The molecular weight excluding hydrogens is 511 g/mol. The Hall–Kier alpha value is -1.46. The third-order valence-corrected chi connectivity index (χ3v) is 5.87. The van der Waals surface area contributed by atoms with Crippen molar-refractivity contribution in [3.8, 4) is 0 Å². The Balaban J connectivity index is 0.00000320. The number of hydrogen-bond acceptors (Lipinski definition) is 6. The lowest BCUT2D eigenvalue weighted by Gasteiger charge is -2.36. The van der Waals surface area contributed by atoms with E-state index in [1.165, 1.54) is 4.88 Å². The van der Waals surface area contributed by atoms with Crippen LogP contribution in [0.3, 0.4) is 0 Å². The molecule has 0 saturated carbocycles. The number of halogens is 1. The molecule has 7 nitrogen and oxygen atoms in total. The molecule has 2 N–H and O–H groups in total. The van der Waals surface area contributed by atoms with Crippen LogP contribution >= 0.6 is 35.3 Å². The molecule has 1 saturated heterocycles. The molecule has 2 aromatic rings. The summed E-state index contributed by atoms with van der Waals surface area (Å²) in [5.74, 6) is 1.79. The predicted molar refractivity (Wildman–Crippen MR) is 135 cm³/mol. The van der Waals surface area contributed by atoms with Gasteiger partial charge in [-0.25, -0.2) is 15.0 Å². The number of nitrogens with zero attached hydrogens (tertiary/aromatic N) is 4. The zero-order valence-corrected chi connectivity index (χ0v) is 21.6. The molecule has 0 aromatic carbocycles. The molecule has 9 heteroatoms. The number of thiazole rings is 1. The van der Waals surface area contributed by atoms with Gasteiger partial charge in [-0.15, -0.1) is 35.3 Å². The molecule has 166 valence electrons. The largest absolute Gasteiger partial charge is 0.372 e. The van der Waals surface area contributed by atoms with Crippen molar-refractivity contribution in [3.63, 3.8) is 0 Å². The number of guanidine groups is 1. The van der Waals surface area contributed by atoms with Crippen LogP contribution in [0.2, 0.25) is 0 Å². The van der Waals surface area contributed by atoms with E-state index in [-0.39, 0.29) is 36.2 Å². The van der Waals surface area contributed by atoms with Gasteiger partial charge in [0.05, 0.1) is 31.0 Å². The van der Waals surface area contributed by atoms with E-state index in [4.69, 9.17) is 9.73 Å². The molecule has 0 spiro atoms. The molecule has 0 amide bonds. The molecule has 3 rings (SSSR count). The Bertz CT molecular complexity index is 796. The number of hydrogen-bond donors (Lipinski definition) is 2.